The minimum absolute atomic E-state index is 0.0810. The van der Waals surface area contributed by atoms with E-state index >= 15 is 0 Å². The van der Waals surface area contributed by atoms with Gasteiger partial charge >= 0.3 is 6.18 Å². The molecule has 3 aromatic rings. The van der Waals surface area contributed by atoms with Crippen LogP contribution in [0.5, 0.6) is 0 Å². The first-order valence-corrected chi connectivity index (χ1v) is 8.63. The number of carbonyl (C=O) groups excluding carboxylic acids is 1. The summed E-state index contributed by atoms with van der Waals surface area (Å²) in [5, 5.41) is 6.70. The predicted molar refractivity (Wildman–Crippen MR) is 96.2 cm³/mol. The van der Waals surface area contributed by atoms with Gasteiger partial charge in [0.25, 0.3) is 5.91 Å². The van der Waals surface area contributed by atoms with Crippen LogP contribution in [0.25, 0.3) is 11.4 Å². The fourth-order valence-corrected chi connectivity index (χ4v) is 2.61. The molecule has 0 spiro atoms. The molecule has 0 aliphatic heterocycles. The van der Waals surface area contributed by atoms with Gasteiger partial charge in [0.15, 0.2) is 0 Å². The normalized spacial score (nSPS) is 12.8. The van der Waals surface area contributed by atoms with E-state index in [9.17, 15) is 18.0 Å². The monoisotopic (exact) mass is 389 g/mol. The van der Waals surface area contributed by atoms with E-state index in [1.54, 1.807) is 0 Å². The van der Waals surface area contributed by atoms with E-state index in [-0.39, 0.29) is 17.4 Å². The van der Waals surface area contributed by atoms with Crippen molar-refractivity contribution >= 4 is 5.91 Å². The van der Waals surface area contributed by atoms with Crippen LogP contribution in [0.3, 0.4) is 0 Å². The molecule has 1 atom stereocenters. The lowest BCUT2D eigenvalue weighted by Gasteiger charge is -2.18. The van der Waals surface area contributed by atoms with E-state index in [4.69, 9.17) is 4.52 Å². The van der Waals surface area contributed by atoms with Crippen LogP contribution in [-0.4, -0.2) is 16.0 Å². The van der Waals surface area contributed by atoms with Crippen LogP contribution in [-0.2, 0) is 6.18 Å². The van der Waals surface area contributed by atoms with Crippen LogP contribution in [0.15, 0.2) is 59.1 Å². The van der Waals surface area contributed by atoms with E-state index < -0.39 is 23.7 Å². The van der Waals surface area contributed by atoms with Gasteiger partial charge in [-0.05, 0) is 30.2 Å². The number of nitrogens with zero attached hydrogens (tertiary/aromatic N) is 2. The maximum absolute atomic E-state index is 12.7. The number of amides is 1. The third-order valence-electron chi connectivity index (χ3n) is 4.17. The molecule has 0 radical (unpaired) electrons. The van der Waals surface area contributed by atoms with Gasteiger partial charge in [-0.2, -0.15) is 18.2 Å². The molecular weight excluding hydrogens is 371 g/mol. The summed E-state index contributed by atoms with van der Waals surface area (Å²) in [5.74, 6) is 0.0218. The number of carbonyl (C=O) groups is 1. The number of hydrogen-bond acceptors (Lipinski definition) is 4. The molecule has 1 heterocycles. The summed E-state index contributed by atoms with van der Waals surface area (Å²) in [6.07, 6.45) is -4.45. The van der Waals surface area contributed by atoms with Crippen molar-refractivity contribution in [2.75, 3.05) is 0 Å². The first kappa shape index (κ1) is 19.6. The number of halogens is 3. The second kappa shape index (κ2) is 7.84. The van der Waals surface area contributed by atoms with Gasteiger partial charge < -0.3 is 9.84 Å². The average molecular weight is 389 g/mol. The van der Waals surface area contributed by atoms with Gasteiger partial charge in [-0.15, -0.1) is 0 Å². The highest BCUT2D eigenvalue weighted by atomic mass is 19.4. The zero-order valence-corrected chi connectivity index (χ0v) is 15.2. The number of nitrogens with one attached hydrogen (secondary N) is 1. The zero-order valence-electron chi connectivity index (χ0n) is 15.2. The van der Waals surface area contributed by atoms with Crippen molar-refractivity contribution in [3.8, 4) is 11.4 Å². The largest absolute Gasteiger partial charge is 0.416 e. The van der Waals surface area contributed by atoms with Crippen molar-refractivity contribution in [2.45, 2.75) is 26.1 Å². The fraction of sp³-hybridized carbons (Fsp3) is 0.250. The summed E-state index contributed by atoms with van der Waals surface area (Å²) < 4.78 is 43.3. The molecule has 8 heteroatoms. The van der Waals surface area contributed by atoms with E-state index in [0.29, 0.717) is 5.82 Å². The minimum Gasteiger partial charge on any atom is -0.340 e. The maximum atomic E-state index is 12.7. The zero-order chi connectivity index (χ0) is 20.3. The van der Waals surface area contributed by atoms with Crippen molar-refractivity contribution in [2.24, 2.45) is 5.92 Å². The Morgan fingerprint density at radius 1 is 1.04 bits per heavy atom. The summed E-state index contributed by atoms with van der Waals surface area (Å²) in [5.41, 5.74) is 0.0735. The van der Waals surface area contributed by atoms with Crippen molar-refractivity contribution in [1.29, 1.82) is 0 Å². The highest BCUT2D eigenvalue weighted by Gasteiger charge is 2.30. The first-order chi connectivity index (χ1) is 13.3. The number of rotatable bonds is 5. The number of aromatic nitrogens is 2. The Morgan fingerprint density at radius 3 is 2.25 bits per heavy atom. The van der Waals surface area contributed by atoms with Gasteiger partial charge in [0.2, 0.25) is 11.7 Å². The molecule has 0 bridgehead atoms. The molecule has 0 saturated heterocycles. The molecule has 0 saturated carbocycles. The van der Waals surface area contributed by atoms with E-state index in [1.165, 1.54) is 0 Å². The van der Waals surface area contributed by atoms with Crippen LogP contribution < -0.4 is 5.32 Å². The number of alkyl halides is 3. The van der Waals surface area contributed by atoms with Crippen molar-refractivity contribution in [3.63, 3.8) is 0 Å². The molecule has 1 N–H and O–H groups in total. The van der Waals surface area contributed by atoms with Crippen LogP contribution in [0, 0.1) is 5.92 Å². The number of hydrogen-bond donors (Lipinski definition) is 1. The van der Waals surface area contributed by atoms with Crippen molar-refractivity contribution in [3.05, 3.63) is 71.6 Å². The Kier molecular flexibility index (Phi) is 5.48. The van der Waals surface area contributed by atoms with Gasteiger partial charge in [0, 0.05) is 11.1 Å². The van der Waals surface area contributed by atoms with Crippen LogP contribution >= 0.6 is 0 Å². The molecule has 0 aliphatic rings. The van der Waals surface area contributed by atoms with E-state index in [0.717, 1.165) is 29.8 Å². The maximum Gasteiger partial charge on any atom is 0.416 e. The van der Waals surface area contributed by atoms with Crippen LogP contribution in [0.2, 0.25) is 0 Å². The summed E-state index contributed by atoms with van der Waals surface area (Å²) in [7, 11) is 0. The van der Waals surface area contributed by atoms with Gasteiger partial charge in [-0.3, -0.25) is 4.79 Å². The first-order valence-electron chi connectivity index (χ1n) is 8.63. The van der Waals surface area contributed by atoms with Crippen molar-refractivity contribution < 1.29 is 22.5 Å². The lowest BCUT2D eigenvalue weighted by atomic mass is 10.0. The van der Waals surface area contributed by atoms with Crippen molar-refractivity contribution in [1.82, 2.24) is 15.5 Å². The van der Waals surface area contributed by atoms with E-state index in [1.807, 2.05) is 44.2 Å². The molecule has 5 nitrogen and oxygen atoms in total. The highest BCUT2D eigenvalue weighted by Crippen LogP contribution is 2.29. The Hall–Kier alpha value is -3.16. The van der Waals surface area contributed by atoms with Crippen LogP contribution in [0.1, 0.15) is 41.7 Å². The predicted octanol–water partition coefficient (Wildman–Crippen LogP) is 4.88. The Labute approximate surface area is 159 Å². The summed E-state index contributed by atoms with van der Waals surface area (Å²) >= 11 is 0. The smallest absolute Gasteiger partial charge is 0.340 e. The van der Waals surface area contributed by atoms with Gasteiger partial charge in [0.05, 0.1) is 5.56 Å². The molecular formula is C20H18F3N3O2. The topological polar surface area (TPSA) is 68.0 Å². The molecule has 0 unspecified atom stereocenters. The van der Waals surface area contributed by atoms with Gasteiger partial charge in [0.1, 0.15) is 6.04 Å². The van der Waals surface area contributed by atoms with Crippen LogP contribution in [0.4, 0.5) is 13.2 Å². The minimum atomic E-state index is -4.45. The summed E-state index contributed by atoms with van der Waals surface area (Å²) in [6, 6.07) is 12.7. The van der Waals surface area contributed by atoms with Gasteiger partial charge in [-0.1, -0.05) is 49.3 Å². The molecule has 1 amide bonds. The summed E-state index contributed by atoms with van der Waals surface area (Å²) in [6.45, 7) is 3.73. The molecule has 28 heavy (non-hydrogen) atoms. The Morgan fingerprint density at radius 2 is 1.68 bits per heavy atom. The fourth-order valence-electron chi connectivity index (χ4n) is 2.61. The molecule has 3 rings (SSSR count). The number of benzene rings is 2. The molecule has 146 valence electrons. The second-order valence-corrected chi connectivity index (χ2v) is 6.59. The third kappa shape index (κ3) is 4.39. The Balaban J connectivity index is 1.78. The standard InChI is InChI=1S/C20H18F3N3O2/c1-12(2)16(19-25-17(26-28-19)13-6-4-3-5-7-13)24-18(27)14-8-10-15(11-9-14)20(21,22)23/h3-12,16H,1-2H3,(H,24,27)/t16-/m0/s1. The summed E-state index contributed by atoms with van der Waals surface area (Å²) in [4.78, 5) is 16.8. The molecule has 1 aromatic heterocycles. The molecule has 2 aromatic carbocycles. The lowest BCUT2D eigenvalue weighted by Crippen LogP contribution is -2.32. The highest BCUT2D eigenvalue weighted by molar-refractivity contribution is 5.94. The molecule has 0 aliphatic carbocycles. The average Bonchev–Trinajstić information content (AvgIpc) is 3.15. The van der Waals surface area contributed by atoms with E-state index in [2.05, 4.69) is 15.5 Å². The molecule has 0 fully saturated rings. The lowest BCUT2D eigenvalue weighted by molar-refractivity contribution is -0.137. The second-order valence-electron chi connectivity index (χ2n) is 6.59. The SMILES string of the molecule is CC(C)[C@H](NC(=O)c1ccc(C(F)(F)F)cc1)c1nc(-c2ccccc2)no1. The third-order valence-corrected chi connectivity index (χ3v) is 4.17. The van der Waals surface area contributed by atoms with Gasteiger partial charge in [-0.25, -0.2) is 0 Å². The Bertz CT molecular complexity index is 935. The quantitative estimate of drug-likeness (QED) is 0.675.